The molecule has 0 aliphatic heterocycles. The van der Waals surface area contributed by atoms with Gasteiger partial charge in [0.2, 0.25) is 0 Å². The molecule has 0 saturated heterocycles. The highest BCUT2D eigenvalue weighted by atomic mass is 19.4. The van der Waals surface area contributed by atoms with Crippen LogP contribution in [0.3, 0.4) is 0 Å². The Morgan fingerprint density at radius 3 is 2.28 bits per heavy atom. The van der Waals surface area contributed by atoms with Crippen LogP contribution in [0.2, 0.25) is 0 Å². The lowest BCUT2D eigenvalue weighted by molar-refractivity contribution is -0.275. The van der Waals surface area contributed by atoms with Gasteiger partial charge in [-0.05, 0) is 62.1 Å². The van der Waals surface area contributed by atoms with Crippen LogP contribution in [0.25, 0.3) is 0 Å². The van der Waals surface area contributed by atoms with E-state index in [0.717, 1.165) is 50.7 Å². The average molecular weight is 424 g/mol. The van der Waals surface area contributed by atoms with Gasteiger partial charge >= 0.3 is 12.5 Å². The van der Waals surface area contributed by atoms with Gasteiger partial charge in [-0.3, -0.25) is 0 Å². The molecule has 2 nitrogen and oxygen atoms in total. The van der Waals surface area contributed by atoms with Gasteiger partial charge in [-0.2, -0.15) is 8.78 Å². The standard InChI is InChI=1S/C21H26F6O2/c1-2-3-4-5-15-6-8-16(9-7-15)13-20(23,24)28-14-17-10-11-19(18(22)12-17)29-21(25,26)27/h2-3,10-12,15-16H,4-9,13-14H2,1H3/b3-2+. The van der Waals surface area contributed by atoms with Gasteiger partial charge in [-0.25, -0.2) is 4.39 Å². The van der Waals surface area contributed by atoms with Crippen molar-refractivity contribution in [3.05, 3.63) is 41.7 Å². The predicted molar refractivity (Wildman–Crippen MR) is 96.9 cm³/mol. The molecule has 0 aromatic heterocycles. The van der Waals surface area contributed by atoms with Crippen LogP contribution in [0.5, 0.6) is 5.75 Å². The van der Waals surface area contributed by atoms with E-state index in [1.807, 2.05) is 13.0 Å². The third-order valence-corrected chi connectivity index (χ3v) is 5.14. The number of hydrogen-bond acceptors (Lipinski definition) is 2. The van der Waals surface area contributed by atoms with Gasteiger partial charge in [0.1, 0.15) is 0 Å². The average Bonchev–Trinajstić information content (AvgIpc) is 2.62. The van der Waals surface area contributed by atoms with Gasteiger partial charge < -0.3 is 9.47 Å². The molecule has 29 heavy (non-hydrogen) atoms. The summed E-state index contributed by atoms with van der Waals surface area (Å²) in [5.74, 6) is -1.87. The monoisotopic (exact) mass is 424 g/mol. The highest BCUT2D eigenvalue weighted by Crippen LogP contribution is 2.38. The number of ether oxygens (including phenoxy) is 2. The van der Waals surface area contributed by atoms with Crippen molar-refractivity contribution in [2.24, 2.45) is 11.8 Å². The fraction of sp³-hybridized carbons (Fsp3) is 0.619. The minimum atomic E-state index is -5.03. The molecule has 1 saturated carbocycles. The van der Waals surface area contributed by atoms with Crippen LogP contribution >= 0.6 is 0 Å². The minimum Gasteiger partial charge on any atom is -0.403 e. The van der Waals surface area contributed by atoms with Gasteiger partial charge in [0.05, 0.1) is 6.61 Å². The molecule has 0 radical (unpaired) electrons. The third kappa shape index (κ3) is 8.68. The molecule has 0 heterocycles. The lowest BCUT2D eigenvalue weighted by Crippen LogP contribution is -2.27. The first-order chi connectivity index (χ1) is 13.6. The zero-order valence-corrected chi connectivity index (χ0v) is 16.3. The zero-order valence-electron chi connectivity index (χ0n) is 16.3. The van der Waals surface area contributed by atoms with E-state index < -0.39 is 37.1 Å². The molecule has 2 rings (SSSR count). The molecule has 1 fully saturated rings. The number of allylic oxidation sites excluding steroid dienone is 2. The highest BCUT2D eigenvalue weighted by Gasteiger charge is 2.36. The first-order valence-corrected chi connectivity index (χ1v) is 9.75. The van der Waals surface area contributed by atoms with E-state index in [2.05, 4.69) is 15.5 Å². The fourth-order valence-corrected chi connectivity index (χ4v) is 3.65. The molecule has 1 aromatic carbocycles. The second kappa shape index (κ2) is 10.4. The van der Waals surface area contributed by atoms with E-state index in [0.29, 0.717) is 12.0 Å². The maximum Gasteiger partial charge on any atom is 0.573 e. The Bertz CT molecular complexity index is 664. The minimum absolute atomic E-state index is 0.00406. The van der Waals surface area contributed by atoms with Crippen molar-refractivity contribution in [2.75, 3.05) is 0 Å². The summed E-state index contributed by atoms with van der Waals surface area (Å²) in [6.07, 6.45) is 0.663. The Hall–Kier alpha value is -1.70. The van der Waals surface area contributed by atoms with E-state index in [-0.39, 0.29) is 11.5 Å². The van der Waals surface area contributed by atoms with E-state index in [1.54, 1.807) is 0 Å². The second-order valence-electron chi connectivity index (χ2n) is 7.48. The van der Waals surface area contributed by atoms with E-state index in [4.69, 9.17) is 0 Å². The normalized spacial score (nSPS) is 20.9. The second-order valence-corrected chi connectivity index (χ2v) is 7.48. The Morgan fingerprint density at radius 1 is 1.03 bits per heavy atom. The topological polar surface area (TPSA) is 18.5 Å². The molecule has 0 amide bonds. The Morgan fingerprint density at radius 2 is 1.69 bits per heavy atom. The molecule has 0 bridgehead atoms. The van der Waals surface area contributed by atoms with Crippen LogP contribution in [0.1, 0.15) is 57.4 Å². The lowest BCUT2D eigenvalue weighted by Gasteiger charge is -2.30. The maximum absolute atomic E-state index is 14.1. The molecular weight excluding hydrogens is 398 g/mol. The molecule has 1 aromatic rings. The summed E-state index contributed by atoms with van der Waals surface area (Å²) in [6.45, 7) is 1.37. The Labute approximate surface area is 166 Å². The first-order valence-electron chi connectivity index (χ1n) is 9.75. The third-order valence-electron chi connectivity index (χ3n) is 5.14. The summed E-state index contributed by atoms with van der Waals surface area (Å²) in [7, 11) is 0. The van der Waals surface area contributed by atoms with Crippen LogP contribution in [0, 0.1) is 17.7 Å². The van der Waals surface area contributed by atoms with Crippen LogP contribution < -0.4 is 4.74 Å². The number of alkyl halides is 5. The smallest absolute Gasteiger partial charge is 0.403 e. The first kappa shape index (κ1) is 23.6. The molecule has 0 spiro atoms. The van der Waals surface area contributed by atoms with Crippen LogP contribution in [-0.2, 0) is 11.3 Å². The predicted octanol–water partition coefficient (Wildman–Crippen LogP) is 7.39. The summed E-state index contributed by atoms with van der Waals surface area (Å²) in [5, 5.41) is 0. The Balaban J connectivity index is 1.79. The zero-order chi connectivity index (χ0) is 21.5. The fourth-order valence-electron chi connectivity index (χ4n) is 3.65. The molecular formula is C21H26F6O2. The summed E-state index contributed by atoms with van der Waals surface area (Å²) in [4.78, 5) is 0. The highest BCUT2D eigenvalue weighted by molar-refractivity contribution is 5.29. The Kier molecular flexibility index (Phi) is 8.43. The summed E-state index contributed by atoms with van der Waals surface area (Å²) in [5.41, 5.74) is 0.00406. The van der Waals surface area contributed by atoms with Crippen molar-refractivity contribution >= 4 is 0 Å². The summed E-state index contributed by atoms with van der Waals surface area (Å²) < 4.78 is 86.5. The quantitative estimate of drug-likeness (QED) is 0.304. The summed E-state index contributed by atoms with van der Waals surface area (Å²) >= 11 is 0. The maximum atomic E-state index is 14.1. The molecule has 0 N–H and O–H groups in total. The van der Waals surface area contributed by atoms with E-state index in [1.165, 1.54) is 0 Å². The number of rotatable bonds is 9. The van der Waals surface area contributed by atoms with Crippen molar-refractivity contribution in [1.82, 2.24) is 0 Å². The largest absolute Gasteiger partial charge is 0.573 e. The van der Waals surface area contributed by atoms with Gasteiger partial charge in [-0.15, -0.1) is 13.2 Å². The molecule has 8 heteroatoms. The number of benzene rings is 1. The van der Waals surface area contributed by atoms with Crippen molar-refractivity contribution in [3.63, 3.8) is 0 Å². The molecule has 0 atom stereocenters. The van der Waals surface area contributed by atoms with Crippen molar-refractivity contribution in [1.29, 1.82) is 0 Å². The van der Waals surface area contributed by atoms with Gasteiger partial charge in [0, 0.05) is 6.42 Å². The van der Waals surface area contributed by atoms with Crippen molar-refractivity contribution < 1.29 is 35.8 Å². The van der Waals surface area contributed by atoms with Crippen LogP contribution in [0.4, 0.5) is 26.3 Å². The van der Waals surface area contributed by atoms with E-state index >= 15 is 0 Å². The molecule has 0 unspecified atom stereocenters. The number of halogens is 6. The SMILES string of the molecule is C/C=C/CCC1CCC(CC(F)(F)OCc2ccc(OC(F)(F)F)c(F)c2)CC1. The van der Waals surface area contributed by atoms with Gasteiger partial charge in [0.25, 0.3) is 0 Å². The molecule has 1 aliphatic rings. The van der Waals surface area contributed by atoms with Crippen LogP contribution in [-0.4, -0.2) is 12.5 Å². The van der Waals surface area contributed by atoms with Crippen molar-refractivity contribution in [3.8, 4) is 5.75 Å². The van der Waals surface area contributed by atoms with E-state index in [9.17, 15) is 26.3 Å². The van der Waals surface area contributed by atoms with Crippen molar-refractivity contribution in [2.45, 2.75) is 70.9 Å². The summed E-state index contributed by atoms with van der Waals surface area (Å²) in [6, 6.07) is 2.51. The number of hydrogen-bond donors (Lipinski definition) is 0. The lowest BCUT2D eigenvalue weighted by atomic mass is 9.78. The molecule has 164 valence electrons. The van der Waals surface area contributed by atoms with Gasteiger partial charge in [-0.1, -0.05) is 31.1 Å². The molecule has 1 aliphatic carbocycles. The van der Waals surface area contributed by atoms with Gasteiger partial charge in [0.15, 0.2) is 11.6 Å². The van der Waals surface area contributed by atoms with Crippen LogP contribution in [0.15, 0.2) is 30.4 Å².